The number of nitrogens with zero attached hydrogens (tertiary/aromatic N) is 3. The van der Waals surface area contributed by atoms with Gasteiger partial charge in [0.1, 0.15) is 11.6 Å². The number of halogens is 2. The van der Waals surface area contributed by atoms with E-state index < -0.39 is 6.61 Å². The molecule has 0 radical (unpaired) electrons. The number of alkyl halides is 2. The van der Waals surface area contributed by atoms with Crippen LogP contribution in [0.4, 0.5) is 8.78 Å². The predicted octanol–water partition coefficient (Wildman–Crippen LogP) is 4.07. The molecule has 5 rings (SSSR count). The van der Waals surface area contributed by atoms with Crippen LogP contribution in [0.2, 0.25) is 0 Å². The second-order valence-electron chi connectivity index (χ2n) is 7.11. The lowest BCUT2D eigenvalue weighted by Crippen LogP contribution is -2.30. The van der Waals surface area contributed by atoms with Crippen LogP contribution in [0.25, 0.3) is 11.0 Å². The molecule has 0 unspecified atom stereocenters. The Morgan fingerprint density at radius 3 is 2.81 bits per heavy atom. The van der Waals surface area contributed by atoms with Crippen molar-refractivity contribution in [3.05, 3.63) is 58.9 Å². The first-order valence-electron chi connectivity index (χ1n) is 8.79. The summed E-state index contributed by atoms with van der Waals surface area (Å²) in [6.45, 7) is -0.951. The number of amides is 1. The van der Waals surface area contributed by atoms with Gasteiger partial charge < -0.3 is 14.2 Å². The maximum Gasteiger partial charge on any atom is 0.387 e. The summed E-state index contributed by atoms with van der Waals surface area (Å²) < 4.78 is 32.9. The van der Waals surface area contributed by atoms with Crippen LogP contribution in [0.1, 0.15) is 45.8 Å². The van der Waals surface area contributed by atoms with E-state index in [1.54, 1.807) is 24.1 Å². The maximum absolute atomic E-state index is 13.0. The van der Waals surface area contributed by atoms with Crippen molar-refractivity contribution in [3.8, 4) is 5.75 Å². The molecule has 0 spiro atoms. The number of hydrogen-bond donors (Lipinski definition) is 0. The third-order valence-electron chi connectivity index (χ3n) is 5.56. The van der Waals surface area contributed by atoms with Gasteiger partial charge in [-0.15, -0.1) is 0 Å². The first-order valence-corrected chi connectivity index (χ1v) is 8.79. The number of imidazole rings is 1. The Hall–Kier alpha value is -2.96. The highest BCUT2D eigenvalue weighted by Crippen LogP contribution is 2.49. The average molecular weight is 369 g/mol. The maximum atomic E-state index is 13.0. The molecule has 2 aromatic carbocycles. The van der Waals surface area contributed by atoms with E-state index in [1.165, 1.54) is 6.07 Å². The topological polar surface area (TPSA) is 47.4 Å². The summed E-state index contributed by atoms with van der Waals surface area (Å²) in [6.07, 6.45) is 0.588. The molecule has 0 aliphatic carbocycles. The number of ether oxygens (including phenoxy) is 1. The highest BCUT2D eigenvalue weighted by molar-refractivity contribution is 5.97. The minimum absolute atomic E-state index is 0.0530. The molecule has 7 heteroatoms. The van der Waals surface area contributed by atoms with Crippen LogP contribution in [-0.4, -0.2) is 34.0 Å². The van der Waals surface area contributed by atoms with E-state index in [2.05, 4.69) is 4.57 Å². The van der Waals surface area contributed by atoms with Crippen LogP contribution >= 0.6 is 0 Å². The number of aromatic nitrogens is 2. The van der Waals surface area contributed by atoms with Crippen molar-refractivity contribution >= 4 is 16.9 Å². The Bertz CT molecular complexity index is 1090. The molecule has 2 aliphatic heterocycles. The van der Waals surface area contributed by atoms with Gasteiger partial charge in [-0.05, 0) is 36.8 Å². The van der Waals surface area contributed by atoms with Gasteiger partial charge in [-0.25, -0.2) is 4.98 Å². The van der Waals surface area contributed by atoms with E-state index in [1.807, 2.05) is 25.1 Å². The van der Waals surface area contributed by atoms with Crippen LogP contribution < -0.4 is 4.74 Å². The molecule has 2 atom stereocenters. The summed E-state index contributed by atoms with van der Waals surface area (Å²) in [6, 6.07) is 10.3. The molecule has 5 nitrogen and oxygen atoms in total. The normalized spacial score (nSPS) is 20.8. The average Bonchev–Trinajstić information content (AvgIpc) is 3.14. The monoisotopic (exact) mass is 369 g/mol. The van der Waals surface area contributed by atoms with E-state index >= 15 is 0 Å². The van der Waals surface area contributed by atoms with Crippen molar-refractivity contribution in [2.75, 3.05) is 7.05 Å². The van der Waals surface area contributed by atoms with E-state index in [-0.39, 0.29) is 23.7 Å². The summed E-state index contributed by atoms with van der Waals surface area (Å²) in [7, 11) is 1.74. The van der Waals surface area contributed by atoms with Gasteiger partial charge in [0.2, 0.25) is 0 Å². The molecule has 2 aliphatic rings. The molecule has 0 N–H and O–H groups in total. The molecule has 27 heavy (non-hydrogen) atoms. The van der Waals surface area contributed by atoms with E-state index in [0.717, 1.165) is 22.4 Å². The second kappa shape index (κ2) is 5.52. The molecule has 3 aromatic rings. The SMILES string of the molecule is Cc1ccc2nc3n(c2c1)[C@@H]1C[C@H]3N(C)C(=O)c2cccc(OC(F)F)c21. The summed E-state index contributed by atoms with van der Waals surface area (Å²) in [5.74, 6) is 0.637. The van der Waals surface area contributed by atoms with Gasteiger partial charge >= 0.3 is 6.61 Å². The largest absolute Gasteiger partial charge is 0.434 e. The van der Waals surface area contributed by atoms with Gasteiger partial charge in [0.05, 0.1) is 23.1 Å². The summed E-state index contributed by atoms with van der Waals surface area (Å²) >= 11 is 0. The first-order chi connectivity index (χ1) is 13.0. The Kier molecular flexibility index (Phi) is 3.32. The molecular weight excluding hydrogens is 352 g/mol. The number of fused-ring (bicyclic) bond motifs is 9. The molecule has 2 bridgehead atoms. The number of carbonyl (C=O) groups is 1. The number of carbonyl (C=O) groups excluding carboxylic acids is 1. The lowest BCUT2D eigenvalue weighted by atomic mass is 9.97. The van der Waals surface area contributed by atoms with Gasteiger partial charge in [-0.3, -0.25) is 4.79 Å². The highest BCUT2D eigenvalue weighted by Gasteiger charge is 2.44. The van der Waals surface area contributed by atoms with Gasteiger partial charge in [-0.2, -0.15) is 8.78 Å². The molecule has 1 aromatic heterocycles. The zero-order chi connectivity index (χ0) is 18.9. The van der Waals surface area contributed by atoms with Gasteiger partial charge in [-0.1, -0.05) is 12.1 Å². The van der Waals surface area contributed by atoms with E-state index in [0.29, 0.717) is 17.5 Å². The minimum Gasteiger partial charge on any atom is -0.434 e. The summed E-state index contributed by atoms with van der Waals surface area (Å²) in [5, 5.41) is 0. The van der Waals surface area contributed by atoms with Crippen molar-refractivity contribution in [1.82, 2.24) is 14.5 Å². The van der Waals surface area contributed by atoms with Crippen molar-refractivity contribution in [2.24, 2.45) is 0 Å². The molecule has 0 fully saturated rings. The number of hydrogen-bond acceptors (Lipinski definition) is 3. The number of aryl methyl sites for hydroxylation is 1. The van der Waals surface area contributed by atoms with E-state index in [9.17, 15) is 13.6 Å². The molecular formula is C20H17F2N3O2. The summed E-state index contributed by atoms with van der Waals surface area (Å²) in [5.41, 5.74) is 3.78. The molecule has 0 saturated carbocycles. The lowest BCUT2D eigenvalue weighted by molar-refractivity contribution is -0.0507. The molecule has 3 heterocycles. The van der Waals surface area contributed by atoms with Crippen LogP contribution in [-0.2, 0) is 0 Å². The fourth-order valence-electron chi connectivity index (χ4n) is 4.39. The third-order valence-corrected chi connectivity index (χ3v) is 5.56. The number of rotatable bonds is 2. The zero-order valence-electron chi connectivity index (χ0n) is 14.8. The van der Waals surface area contributed by atoms with Crippen molar-refractivity contribution < 1.29 is 18.3 Å². The van der Waals surface area contributed by atoms with Crippen LogP contribution in [0, 0.1) is 6.92 Å². The van der Waals surface area contributed by atoms with Gasteiger partial charge in [0.25, 0.3) is 5.91 Å². The lowest BCUT2D eigenvalue weighted by Gasteiger charge is -2.24. The standard InChI is InChI=1S/C20H17F2N3O2/c1-10-6-7-12-13(8-10)25-14-9-15(18(25)23-12)24(2)19(26)11-4-3-5-16(17(11)14)27-20(21)22/h3-8,14-15,20H,9H2,1-2H3/t14-,15-/m1/s1. The quantitative estimate of drug-likeness (QED) is 0.684. The first kappa shape index (κ1) is 16.2. The number of benzene rings is 2. The smallest absolute Gasteiger partial charge is 0.387 e. The fourth-order valence-corrected chi connectivity index (χ4v) is 4.39. The second-order valence-corrected chi connectivity index (χ2v) is 7.11. The molecule has 0 saturated heterocycles. The zero-order valence-corrected chi connectivity index (χ0v) is 14.8. The van der Waals surface area contributed by atoms with Gasteiger partial charge in [0, 0.05) is 24.6 Å². The van der Waals surface area contributed by atoms with Crippen LogP contribution in [0.15, 0.2) is 36.4 Å². The van der Waals surface area contributed by atoms with Crippen LogP contribution in [0.3, 0.4) is 0 Å². The Morgan fingerprint density at radius 2 is 2.04 bits per heavy atom. The molecule has 1 amide bonds. The summed E-state index contributed by atoms with van der Waals surface area (Å²) in [4.78, 5) is 19.4. The predicted molar refractivity (Wildman–Crippen MR) is 95.1 cm³/mol. The fraction of sp³-hybridized carbons (Fsp3) is 0.300. The Balaban J connectivity index is 1.82. The molecule has 138 valence electrons. The van der Waals surface area contributed by atoms with Gasteiger partial charge in [0.15, 0.2) is 0 Å². The third kappa shape index (κ3) is 2.20. The van der Waals surface area contributed by atoms with Crippen LogP contribution in [0.5, 0.6) is 5.75 Å². The Morgan fingerprint density at radius 1 is 1.22 bits per heavy atom. The van der Waals surface area contributed by atoms with Crippen molar-refractivity contribution in [1.29, 1.82) is 0 Å². The highest BCUT2D eigenvalue weighted by atomic mass is 19.3. The van der Waals surface area contributed by atoms with Crippen molar-refractivity contribution in [2.45, 2.75) is 32.0 Å². The van der Waals surface area contributed by atoms with E-state index in [4.69, 9.17) is 9.72 Å². The minimum atomic E-state index is -2.95. The Labute approximate surface area is 154 Å². The van der Waals surface area contributed by atoms with Crippen molar-refractivity contribution in [3.63, 3.8) is 0 Å².